The van der Waals surface area contributed by atoms with E-state index in [-0.39, 0.29) is 19.0 Å². The molecule has 24 heavy (non-hydrogen) atoms. The Labute approximate surface area is 141 Å². The summed E-state index contributed by atoms with van der Waals surface area (Å²) in [6.45, 7) is 4.51. The molecule has 1 aliphatic heterocycles. The lowest BCUT2D eigenvalue weighted by atomic mass is 10.1. The molecule has 130 valence electrons. The van der Waals surface area contributed by atoms with Crippen molar-refractivity contribution in [1.29, 1.82) is 0 Å². The van der Waals surface area contributed by atoms with E-state index in [1.807, 2.05) is 0 Å². The molecule has 1 aromatic carbocycles. The van der Waals surface area contributed by atoms with Crippen molar-refractivity contribution in [3.05, 3.63) is 36.4 Å². The lowest BCUT2D eigenvalue weighted by Crippen LogP contribution is -2.50. The van der Waals surface area contributed by atoms with E-state index in [9.17, 15) is 18.0 Å². The van der Waals surface area contributed by atoms with Gasteiger partial charge in [-0.1, -0.05) is 6.58 Å². The topological polar surface area (TPSA) is 113 Å². The zero-order valence-corrected chi connectivity index (χ0v) is 14.2. The quantitative estimate of drug-likeness (QED) is 0.590. The summed E-state index contributed by atoms with van der Waals surface area (Å²) in [5, 5.41) is 2.54. The summed E-state index contributed by atoms with van der Waals surface area (Å²) in [6.07, 6.45) is 2.26. The molecule has 1 aromatic rings. The number of carbonyl (C=O) groups excluding carboxylic acids is 2. The minimum atomic E-state index is -3.25. The van der Waals surface area contributed by atoms with Crippen LogP contribution in [0, 0.1) is 0 Å². The Morgan fingerprint density at radius 3 is 2.42 bits per heavy atom. The zero-order valence-electron chi connectivity index (χ0n) is 13.4. The summed E-state index contributed by atoms with van der Waals surface area (Å²) in [5.41, 5.74) is 6.83. The van der Waals surface area contributed by atoms with Crippen LogP contribution in [0.3, 0.4) is 0 Å². The summed E-state index contributed by atoms with van der Waals surface area (Å²) in [5.74, 6) is -0.662. The number of carbonyl (C=O) groups is 2. The van der Waals surface area contributed by atoms with Gasteiger partial charge in [0, 0.05) is 31.7 Å². The number of nitrogens with zero attached hydrogens (tertiary/aromatic N) is 2. The minimum absolute atomic E-state index is 0.239. The molecule has 2 rings (SSSR count). The number of hydrogen-bond donors (Lipinski definition) is 2. The predicted molar refractivity (Wildman–Crippen MR) is 92.0 cm³/mol. The molecule has 8 nitrogen and oxygen atoms in total. The van der Waals surface area contributed by atoms with Crippen LogP contribution in [0.1, 0.15) is 10.4 Å². The van der Waals surface area contributed by atoms with Crippen LogP contribution >= 0.6 is 0 Å². The van der Waals surface area contributed by atoms with Gasteiger partial charge in [0.25, 0.3) is 5.91 Å². The molecule has 1 heterocycles. The number of amides is 2. The number of sulfonamides is 1. The third-order valence-electron chi connectivity index (χ3n) is 3.74. The highest BCUT2D eigenvalue weighted by Crippen LogP contribution is 2.21. The molecule has 0 unspecified atom stereocenters. The fraction of sp³-hybridized carbons (Fsp3) is 0.333. The maximum Gasteiger partial charge on any atom is 0.254 e. The standard InChI is InChI=1S/C15H20N4O4S/c1-3-14(20)17-13-10-11(4-5-12(13)16)15(21)18-6-8-19(9-7-18)24(2,22)23/h3-5,10H,1,6-9,16H2,2H3,(H,17,20). The molecule has 2 amide bonds. The van der Waals surface area contributed by atoms with Gasteiger partial charge in [-0.25, -0.2) is 8.42 Å². The summed E-state index contributed by atoms with van der Waals surface area (Å²) < 4.78 is 24.4. The van der Waals surface area contributed by atoms with E-state index in [1.54, 1.807) is 17.0 Å². The predicted octanol–water partition coefficient (Wildman–Crippen LogP) is 0.111. The number of piperazine rings is 1. The molecule has 3 N–H and O–H groups in total. The third-order valence-corrected chi connectivity index (χ3v) is 5.04. The van der Waals surface area contributed by atoms with E-state index in [2.05, 4.69) is 11.9 Å². The maximum atomic E-state index is 12.6. The van der Waals surface area contributed by atoms with Crippen molar-refractivity contribution in [2.75, 3.05) is 43.5 Å². The van der Waals surface area contributed by atoms with E-state index in [0.29, 0.717) is 30.0 Å². The van der Waals surface area contributed by atoms with Gasteiger partial charge in [-0.05, 0) is 24.3 Å². The van der Waals surface area contributed by atoms with Gasteiger partial charge in [0.05, 0.1) is 17.6 Å². The Morgan fingerprint density at radius 2 is 1.88 bits per heavy atom. The van der Waals surface area contributed by atoms with Crippen molar-refractivity contribution in [3.63, 3.8) is 0 Å². The van der Waals surface area contributed by atoms with Crippen molar-refractivity contribution in [3.8, 4) is 0 Å². The molecule has 0 spiro atoms. The second-order valence-electron chi connectivity index (χ2n) is 5.45. The van der Waals surface area contributed by atoms with Crippen LogP contribution in [0.25, 0.3) is 0 Å². The summed E-state index contributed by atoms with van der Waals surface area (Å²) in [6, 6.07) is 4.62. The Morgan fingerprint density at radius 1 is 1.25 bits per heavy atom. The Hall–Kier alpha value is -2.39. The maximum absolute atomic E-state index is 12.6. The normalized spacial score (nSPS) is 15.8. The SMILES string of the molecule is C=CC(=O)Nc1cc(C(=O)N2CCN(S(C)(=O)=O)CC2)ccc1N. The molecule has 0 bridgehead atoms. The first-order chi connectivity index (χ1) is 11.2. The smallest absolute Gasteiger partial charge is 0.254 e. The van der Waals surface area contributed by atoms with E-state index in [0.717, 1.165) is 12.3 Å². The first-order valence-corrected chi connectivity index (χ1v) is 9.14. The van der Waals surface area contributed by atoms with Gasteiger partial charge in [-0.3, -0.25) is 9.59 Å². The average Bonchev–Trinajstić information content (AvgIpc) is 2.55. The monoisotopic (exact) mass is 352 g/mol. The molecular formula is C15H20N4O4S. The minimum Gasteiger partial charge on any atom is -0.397 e. The average molecular weight is 352 g/mol. The molecule has 1 saturated heterocycles. The lowest BCUT2D eigenvalue weighted by molar-refractivity contribution is -0.111. The van der Waals surface area contributed by atoms with Gasteiger partial charge in [0.2, 0.25) is 15.9 Å². The van der Waals surface area contributed by atoms with Gasteiger partial charge < -0.3 is 16.0 Å². The number of rotatable bonds is 4. The van der Waals surface area contributed by atoms with Crippen molar-refractivity contribution in [1.82, 2.24) is 9.21 Å². The van der Waals surface area contributed by atoms with Crippen LogP contribution in [0.5, 0.6) is 0 Å². The summed E-state index contributed by atoms with van der Waals surface area (Å²) >= 11 is 0. The second kappa shape index (κ2) is 7.02. The van der Waals surface area contributed by atoms with Crippen LogP contribution < -0.4 is 11.1 Å². The number of hydrogen-bond acceptors (Lipinski definition) is 5. The van der Waals surface area contributed by atoms with Gasteiger partial charge >= 0.3 is 0 Å². The van der Waals surface area contributed by atoms with Gasteiger partial charge in [0.1, 0.15) is 0 Å². The van der Waals surface area contributed by atoms with Gasteiger partial charge in [-0.2, -0.15) is 4.31 Å². The fourth-order valence-electron chi connectivity index (χ4n) is 2.39. The summed E-state index contributed by atoms with van der Waals surface area (Å²) in [4.78, 5) is 25.5. The molecule has 9 heteroatoms. The van der Waals surface area contributed by atoms with Crippen LogP contribution in [-0.2, 0) is 14.8 Å². The molecular weight excluding hydrogens is 332 g/mol. The van der Waals surface area contributed by atoms with Crippen molar-refractivity contribution < 1.29 is 18.0 Å². The second-order valence-corrected chi connectivity index (χ2v) is 7.43. The highest BCUT2D eigenvalue weighted by molar-refractivity contribution is 7.88. The summed E-state index contributed by atoms with van der Waals surface area (Å²) in [7, 11) is -3.25. The molecule has 1 aliphatic rings. The number of nitrogens with one attached hydrogen (secondary N) is 1. The number of anilines is 2. The Kier molecular flexibility index (Phi) is 5.25. The van der Waals surface area contributed by atoms with E-state index < -0.39 is 15.9 Å². The fourth-order valence-corrected chi connectivity index (χ4v) is 3.21. The largest absolute Gasteiger partial charge is 0.397 e. The molecule has 0 aromatic heterocycles. The van der Waals surface area contributed by atoms with E-state index in [4.69, 9.17) is 5.73 Å². The first kappa shape index (κ1) is 18.0. The molecule has 0 aliphatic carbocycles. The highest BCUT2D eigenvalue weighted by atomic mass is 32.2. The first-order valence-electron chi connectivity index (χ1n) is 7.29. The van der Waals surface area contributed by atoms with Crippen molar-refractivity contribution >= 4 is 33.2 Å². The number of nitrogen functional groups attached to an aromatic ring is 1. The van der Waals surface area contributed by atoms with Crippen LogP contribution in [0.4, 0.5) is 11.4 Å². The molecule has 1 fully saturated rings. The number of benzene rings is 1. The molecule has 0 atom stereocenters. The third kappa shape index (κ3) is 4.12. The molecule has 0 saturated carbocycles. The van der Waals surface area contributed by atoms with Crippen LogP contribution in [-0.4, -0.2) is 61.9 Å². The van der Waals surface area contributed by atoms with Crippen LogP contribution in [0.2, 0.25) is 0 Å². The van der Waals surface area contributed by atoms with E-state index >= 15 is 0 Å². The van der Waals surface area contributed by atoms with Gasteiger partial charge in [0.15, 0.2) is 0 Å². The van der Waals surface area contributed by atoms with E-state index in [1.165, 1.54) is 10.4 Å². The van der Waals surface area contributed by atoms with Crippen molar-refractivity contribution in [2.45, 2.75) is 0 Å². The lowest BCUT2D eigenvalue weighted by Gasteiger charge is -2.33. The zero-order chi connectivity index (χ0) is 17.9. The van der Waals surface area contributed by atoms with Crippen molar-refractivity contribution in [2.24, 2.45) is 0 Å². The van der Waals surface area contributed by atoms with Crippen LogP contribution in [0.15, 0.2) is 30.9 Å². The number of nitrogens with two attached hydrogens (primary N) is 1. The highest BCUT2D eigenvalue weighted by Gasteiger charge is 2.26. The molecule has 0 radical (unpaired) electrons. The Balaban J connectivity index is 2.12. The Bertz CT molecular complexity index is 768. The van der Waals surface area contributed by atoms with Gasteiger partial charge in [-0.15, -0.1) is 0 Å².